The number of aromatic amines is 1. The highest BCUT2D eigenvalue weighted by Crippen LogP contribution is 2.41. The third kappa shape index (κ3) is 4.06. The fourth-order valence-electron chi connectivity index (χ4n) is 2.47. The molecule has 11 heteroatoms. The van der Waals surface area contributed by atoms with E-state index in [9.17, 15) is 9.59 Å². The summed E-state index contributed by atoms with van der Waals surface area (Å²) in [7, 11) is -2.35. The summed E-state index contributed by atoms with van der Waals surface area (Å²) in [6.07, 6.45) is -3.57. The molecule has 9 nitrogen and oxygen atoms in total. The van der Waals surface area contributed by atoms with Gasteiger partial charge in [-0.15, -0.1) is 0 Å². The van der Waals surface area contributed by atoms with Crippen LogP contribution in [0.3, 0.4) is 0 Å². The minimum absolute atomic E-state index is 0.120. The minimum atomic E-state index is -2.35. The molecule has 0 aromatic carbocycles. The molecule has 1 fully saturated rings. The predicted molar refractivity (Wildman–Crippen MR) is 96.2 cm³/mol. The molecular weight excluding hydrogens is 361 g/mol. The SMILES string of the molecule is CC(C)(C)[Si](C)(C)O[C@@H]1[C@@H](F)[C@H](n2ccc(=O)[nH]c2=O)O[C@@H]1CN=[N+]=[N-]. The number of rotatable bonds is 5. The molecule has 26 heavy (non-hydrogen) atoms. The van der Waals surface area contributed by atoms with Gasteiger partial charge in [0.2, 0.25) is 0 Å². The lowest BCUT2D eigenvalue weighted by molar-refractivity contribution is -0.0218. The summed E-state index contributed by atoms with van der Waals surface area (Å²) in [4.78, 5) is 28.0. The van der Waals surface area contributed by atoms with E-state index in [1.165, 1.54) is 6.20 Å². The van der Waals surface area contributed by atoms with E-state index in [4.69, 9.17) is 14.7 Å². The topological polar surface area (TPSA) is 122 Å². The Balaban J connectivity index is 2.37. The third-order valence-electron chi connectivity index (χ3n) is 4.95. The Morgan fingerprint density at radius 1 is 1.46 bits per heavy atom. The summed E-state index contributed by atoms with van der Waals surface area (Å²) < 4.78 is 28.0. The zero-order chi connectivity index (χ0) is 19.7. The molecule has 0 unspecified atom stereocenters. The van der Waals surface area contributed by atoms with Crippen LogP contribution in [0.2, 0.25) is 18.1 Å². The van der Waals surface area contributed by atoms with Crippen LogP contribution in [0.4, 0.5) is 4.39 Å². The lowest BCUT2D eigenvalue weighted by Crippen LogP contribution is -2.49. The second kappa shape index (κ2) is 7.35. The molecule has 0 radical (unpaired) electrons. The molecule has 144 valence electrons. The molecular formula is C15H24FN5O4Si. The Bertz CT molecular complexity index is 811. The predicted octanol–water partition coefficient (Wildman–Crippen LogP) is 2.47. The number of alkyl halides is 1. The van der Waals surface area contributed by atoms with E-state index in [0.717, 1.165) is 10.6 Å². The van der Waals surface area contributed by atoms with Crippen molar-refractivity contribution in [1.82, 2.24) is 9.55 Å². The van der Waals surface area contributed by atoms with E-state index in [2.05, 4.69) is 15.0 Å². The van der Waals surface area contributed by atoms with Crippen molar-refractivity contribution in [1.29, 1.82) is 0 Å². The van der Waals surface area contributed by atoms with Crippen LogP contribution in [0.5, 0.6) is 0 Å². The molecule has 0 spiro atoms. The van der Waals surface area contributed by atoms with Gasteiger partial charge in [-0.1, -0.05) is 25.9 Å². The van der Waals surface area contributed by atoms with E-state index in [0.29, 0.717) is 0 Å². The highest BCUT2D eigenvalue weighted by molar-refractivity contribution is 6.74. The summed E-state index contributed by atoms with van der Waals surface area (Å²) in [5.41, 5.74) is 7.22. The van der Waals surface area contributed by atoms with Crippen molar-refractivity contribution in [2.45, 2.75) is 63.5 Å². The van der Waals surface area contributed by atoms with Crippen molar-refractivity contribution in [2.75, 3.05) is 6.54 Å². The highest BCUT2D eigenvalue weighted by Gasteiger charge is 2.51. The minimum Gasteiger partial charge on any atom is -0.408 e. The molecule has 4 atom stereocenters. The molecule has 1 aromatic heterocycles. The van der Waals surface area contributed by atoms with Gasteiger partial charge in [0, 0.05) is 17.2 Å². The molecule has 2 rings (SSSR count). The van der Waals surface area contributed by atoms with E-state index in [-0.39, 0.29) is 11.6 Å². The number of ether oxygens (including phenoxy) is 1. The first-order valence-electron chi connectivity index (χ1n) is 8.27. The van der Waals surface area contributed by atoms with Gasteiger partial charge in [-0.25, -0.2) is 9.18 Å². The van der Waals surface area contributed by atoms with Crippen molar-refractivity contribution in [2.24, 2.45) is 5.11 Å². The van der Waals surface area contributed by atoms with E-state index < -0.39 is 44.2 Å². The fourth-order valence-corrected chi connectivity index (χ4v) is 3.78. The lowest BCUT2D eigenvalue weighted by atomic mass is 10.1. The first-order valence-corrected chi connectivity index (χ1v) is 11.2. The molecule has 1 aliphatic heterocycles. The third-order valence-corrected chi connectivity index (χ3v) is 9.43. The molecule has 0 aliphatic carbocycles. The molecule has 2 heterocycles. The normalized spacial score (nSPS) is 26.5. The highest BCUT2D eigenvalue weighted by atomic mass is 28.4. The zero-order valence-corrected chi connectivity index (χ0v) is 16.5. The van der Waals surface area contributed by atoms with Gasteiger partial charge in [-0.2, -0.15) is 0 Å². The van der Waals surface area contributed by atoms with E-state index >= 15 is 4.39 Å². The van der Waals surface area contributed by atoms with Crippen LogP contribution in [0.25, 0.3) is 10.4 Å². The Labute approximate surface area is 150 Å². The van der Waals surface area contributed by atoms with E-state index in [1.807, 2.05) is 33.9 Å². The van der Waals surface area contributed by atoms with Gasteiger partial charge >= 0.3 is 5.69 Å². The van der Waals surface area contributed by atoms with Crippen molar-refractivity contribution in [3.05, 3.63) is 43.5 Å². The Kier molecular flexibility index (Phi) is 5.76. The van der Waals surface area contributed by atoms with E-state index in [1.54, 1.807) is 0 Å². The molecule has 0 amide bonds. The molecule has 0 saturated carbocycles. The van der Waals surface area contributed by atoms with Crippen LogP contribution >= 0.6 is 0 Å². The quantitative estimate of drug-likeness (QED) is 0.362. The molecule has 1 saturated heterocycles. The zero-order valence-electron chi connectivity index (χ0n) is 15.5. The maximum Gasteiger partial charge on any atom is 0.330 e. The Hall–Kier alpha value is -1.94. The summed E-state index contributed by atoms with van der Waals surface area (Å²) in [5.74, 6) is 0. The first kappa shape index (κ1) is 20.4. The molecule has 1 N–H and O–H groups in total. The van der Waals surface area contributed by atoms with Crippen molar-refractivity contribution in [3.63, 3.8) is 0 Å². The summed E-state index contributed by atoms with van der Waals surface area (Å²) in [5, 5.41) is 3.31. The van der Waals surface area contributed by atoms with Crippen molar-refractivity contribution < 1.29 is 13.6 Å². The van der Waals surface area contributed by atoms with Gasteiger partial charge in [0.15, 0.2) is 20.7 Å². The largest absolute Gasteiger partial charge is 0.408 e. The molecule has 1 aromatic rings. The van der Waals surface area contributed by atoms with Gasteiger partial charge in [-0.3, -0.25) is 14.3 Å². The van der Waals surface area contributed by atoms with Crippen LogP contribution in [0, 0.1) is 0 Å². The smallest absolute Gasteiger partial charge is 0.330 e. The number of hydrogen-bond donors (Lipinski definition) is 1. The maximum absolute atomic E-state index is 15.2. The van der Waals surface area contributed by atoms with Gasteiger partial charge in [0.05, 0.1) is 12.6 Å². The van der Waals surface area contributed by atoms with Gasteiger partial charge in [-0.05, 0) is 23.7 Å². The maximum atomic E-state index is 15.2. The number of nitrogens with one attached hydrogen (secondary N) is 1. The van der Waals surface area contributed by atoms with Crippen molar-refractivity contribution in [3.8, 4) is 0 Å². The van der Waals surface area contributed by atoms with Gasteiger partial charge in [0.1, 0.15) is 6.10 Å². The van der Waals surface area contributed by atoms with Gasteiger partial charge in [0.25, 0.3) is 5.56 Å². The van der Waals surface area contributed by atoms with Gasteiger partial charge < -0.3 is 9.16 Å². The average Bonchev–Trinajstić information content (AvgIpc) is 2.80. The Morgan fingerprint density at radius 3 is 2.65 bits per heavy atom. The molecule has 1 aliphatic rings. The number of aromatic nitrogens is 2. The van der Waals surface area contributed by atoms with Crippen LogP contribution in [-0.2, 0) is 9.16 Å². The lowest BCUT2D eigenvalue weighted by Gasteiger charge is -2.39. The summed E-state index contributed by atoms with van der Waals surface area (Å²) in [6, 6.07) is 1.11. The van der Waals surface area contributed by atoms with Crippen molar-refractivity contribution >= 4 is 8.32 Å². The fraction of sp³-hybridized carbons (Fsp3) is 0.733. The number of halogens is 1. The summed E-state index contributed by atoms with van der Waals surface area (Å²) in [6.45, 7) is 9.90. The number of nitrogens with zero attached hydrogens (tertiary/aromatic N) is 4. The standard InChI is InChI=1S/C15H24FN5O4Si/c1-15(2,3)26(4,5)25-12-9(8-18-20-17)24-13(11(12)16)21-7-6-10(22)19-14(21)23/h6-7,9,11-13H,8H2,1-5H3,(H,19,22,23)/t9-,11-,12+,13-/m1/s1. The number of azide groups is 1. The summed E-state index contributed by atoms with van der Waals surface area (Å²) >= 11 is 0. The number of H-pyrrole nitrogens is 1. The van der Waals surface area contributed by atoms with Crippen LogP contribution in [0.1, 0.15) is 27.0 Å². The second-order valence-corrected chi connectivity index (χ2v) is 12.5. The Morgan fingerprint density at radius 2 is 2.12 bits per heavy atom. The second-order valence-electron chi connectivity index (χ2n) is 7.78. The van der Waals surface area contributed by atoms with Crippen LogP contribution in [0.15, 0.2) is 27.0 Å². The monoisotopic (exact) mass is 385 g/mol. The van der Waals surface area contributed by atoms with Crippen LogP contribution < -0.4 is 11.2 Å². The molecule has 0 bridgehead atoms. The first-order chi connectivity index (χ1) is 12.0. The van der Waals surface area contributed by atoms with Crippen LogP contribution in [-0.4, -0.2) is 42.8 Å². The average molecular weight is 385 g/mol. The number of hydrogen-bond acceptors (Lipinski definition) is 5.